The molecule has 3 aromatic rings. The Morgan fingerprint density at radius 1 is 1.09 bits per heavy atom. The van der Waals surface area contributed by atoms with E-state index in [2.05, 4.69) is 47.4 Å². The highest BCUT2D eigenvalue weighted by molar-refractivity contribution is 9.10. The number of para-hydroxylation sites is 2. The van der Waals surface area contributed by atoms with Gasteiger partial charge in [0.15, 0.2) is 5.69 Å². The van der Waals surface area contributed by atoms with Crippen LogP contribution >= 0.6 is 15.9 Å². The van der Waals surface area contributed by atoms with Gasteiger partial charge < -0.3 is 15.0 Å². The first-order valence-electron chi connectivity index (χ1n) is 11.1. The molecule has 2 heterocycles. The van der Waals surface area contributed by atoms with Gasteiger partial charge in [0.2, 0.25) is 0 Å². The van der Waals surface area contributed by atoms with Crippen LogP contribution in [0.5, 0.6) is 5.75 Å². The molecule has 2 aromatic carbocycles. The summed E-state index contributed by atoms with van der Waals surface area (Å²) in [6, 6.07) is 16.1. The van der Waals surface area contributed by atoms with E-state index in [1.165, 1.54) is 0 Å². The molecular weight excluding hydrogens is 484 g/mol. The topological polar surface area (TPSA) is 75.5 Å². The van der Waals surface area contributed by atoms with Gasteiger partial charge in [-0.15, -0.1) is 5.10 Å². The van der Waals surface area contributed by atoms with Crippen molar-refractivity contribution >= 4 is 27.5 Å². The summed E-state index contributed by atoms with van der Waals surface area (Å²) in [5.74, 6) is 0.722. The van der Waals surface area contributed by atoms with E-state index in [0.29, 0.717) is 18.8 Å². The Morgan fingerprint density at radius 3 is 2.58 bits per heavy atom. The van der Waals surface area contributed by atoms with Crippen LogP contribution in [-0.2, 0) is 6.54 Å². The van der Waals surface area contributed by atoms with Gasteiger partial charge in [0.05, 0.1) is 25.0 Å². The number of carbonyl (C=O) groups is 1. The average Bonchev–Trinajstić information content (AvgIpc) is 3.21. The molecule has 1 aliphatic rings. The predicted molar refractivity (Wildman–Crippen MR) is 132 cm³/mol. The molecule has 33 heavy (non-hydrogen) atoms. The highest BCUT2D eigenvalue weighted by Crippen LogP contribution is 2.28. The number of benzene rings is 2. The molecule has 1 amide bonds. The second-order valence-corrected chi connectivity index (χ2v) is 8.88. The summed E-state index contributed by atoms with van der Waals surface area (Å²) in [5, 5.41) is 11.3. The van der Waals surface area contributed by atoms with Crippen molar-refractivity contribution in [2.24, 2.45) is 0 Å². The molecule has 0 spiro atoms. The first-order chi connectivity index (χ1) is 16.1. The molecule has 9 heteroatoms. The fourth-order valence-electron chi connectivity index (χ4n) is 4.02. The molecule has 0 saturated carbocycles. The van der Waals surface area contributed by atoms with Crippen molar-refractivity contribution < 1.29 is 9.53 Å². The maximum absolute atomic E-state index is 12.7. The van der Waals surface area contributed by atoms with Crippen LogP contribution in [0.3, 0.4) is 0 Å². The maximum Gasteiger partial charge on any atom is 0.273 e. The molecule has 4 rings (SSSR count). The Balaban J connectivity index is 1.25. The van der Waals surface area contributed by atoms with Gasteiger partial charge in [-0.3, -0.25) is 9.69 Å². The second-order valence-electron chi connectivity index (χ2n) is 8.03. The molecule has 1 aromatic heterocycles. The number of piperazine rings is 1. The summed E-state index contributed by atoms with van der Waals surface area (Å²) >= 11 is 3.56. The molecule has 0 atom stereocenters. The van der Waals surface area contributed by atoms with Crippen molar-refractivity contribution in [3.63, 3.8) is 0 Å². The number of nitrogens with zero attached hydrogens (tertiary/aromatic N) is 5. The summed E-state index contributed by atoms with van der Waals surface area (Å²) in [6.45, 7) is 7.55. The predicted octanol–water partition coefficient (Wildman–Crippen LogP) is 2.96. The Hall–Kier alpha value is -2.91. The number of rotatable bonds is 8. The minimum absolute atomic E-state index is 0.182. The van der Waals surface area contributed by atoms with E-state index in [1.807, 2.05) is 49.4 Å². The number of nitrogens with one attached hydrogen (secondary N) is 1. The van der Waals surface area contributed by atoms with Crippen LogP contribution < -0.4 is 15.0 Å². The largest absolute Gasteiger partial charge is 0.495 e. The van der Waals surface area contributed by atoms with Crippen LogP contribution in [0.15, 0.2) is 53.0 Å². The number of hydrogen-bond donors (Lipinski definition) is 1. The molecule has 0 radical (unpaired) electrons. The maximum atomic E-state index is 12.7. The Morgan fingerprint density at radius 2 is 1.82 bits per heavy atom. The van der Waals surface area contributed by atoms with Crippen LogP contribution in [0.4, 0.5) is 5.69 Å². The third-order valence-electron chi connectivity index (χ3n) is 5.99. The van der Waals surface area contributed by atoms with Gasteiger partial charge in [-0.05, 0) is 30.7 Å². The molecule has 174 valence electrons. The number of methoxy groups -OCH3 is 1. The molecule has 1 N–H and O–H groups in total. The standard InChI is InChI=1S/C24H29BrN6O2/c1-18-23(27-28-31(18)17-19-7-3-4-8-20(19)25)24(32)26-11-12-29-13-15-30(16-14-29)21-9-5-6-10-22(21)33-2/h3-10H,11-17H2,1-2H3,(H,26,32). The van der Waals surface area contributed by atoms with E-state index in [-0.39, 0.29) is 5.91 Å². The van der Waals surface area contributed by atoms with Crippen molar-refractivity contribution in [2.45, 2.75) is 13.5 Å². The summed E-state index contributed by atoms with van der Waals surface area (Å²) in [7, 11) is 1.71. The van der Waals surface area contributed by atoms with Crippen LogP contribution in [0.2, 0.25) is 0 Å². The molecule has 0 unspecified atom stereocenters. The van der Waals surface area contributed by atoms with E-state index in [1.54, 1.807) is 11.8 Å². The Labute approximate surface area is 202 Å². The zero-order chi connectivity index (χ0) is 23.2. The lowest BCUT2D eigenvalue weighted by Crippen LogP contribution is -2.48. The van der Waals surface area contributed by atoms with Crippen molar-refractivity contribution in [1.29, 1.82) is 0 Å². The van der Waals surface area contributed by atoms with Crippen LogP contribution in [0.25, 0.3) is 0 Å². The lowest BCUT2D eigenvalue weighted by molar-refractivity contribution is 0.0942. The van der Waals surface area contributed by atoms with Crippen molar-refractivity contribution in [3.8, 4) is 5.75 Å². The van der Waals surface area contributed by atoms with E-state index in [4.69, 9.17) is 4.74 Å². The lowest BCUT2D eigenvalue weighted by atomic mass is 10.2. The number of amides is 1. The summed E-state index contributed by atoms with van der Waals surface area (Å²) in [5.41, 5.74) is 3.36. The minimum atomic E-state index is -0.182. The highest BCUT2D eigenvalue weighted by Gasteiger charge is 2.20. The van der Waals surface area contributed by atoms with Crippen molar-refractivity contribution in [1.82, 2.24) is 25.2 Å². The van der Waals surface area contributed by atoms with Gasteiger partial charge in [0, 0.05) is 43.7 Å². The third-order valence-corrected chi connectivity index (χ3v) is 6.76. The smallest absolute Gasteiger partial charge is 0.273 e. The summed E-state index contributed by atoms with van der Waals surface area (Å²) in [4.78, 5) is 17.4. The number of ether oxygens (including phenoxy) is 1. The second kappa shape index (κ2) is 10.8. The first-order valence-corrected chi connectivity index (χ1v) is 11.9. The molecule has 1 aliphatic heterocycles. The van der Waals surface area contributed by atoms with Crippen LogP contribution in [0.1, 0.15) is 21.7 Å². The SMILES string of the molecule is COc1ccccc1N1CCN(CCNC(=O)c2nnn(Cc3ccccc3Br)c2C)CC1. The van der Waals surface area contributed by atoms with Gasteiger partial charge in [0.1, 0.15) is 5.75 Å². The number of hydrogen-bond acceptors (Lipinski definition) is 6. The number of carbonyl (C=O) groups excluding carboxylic acids is 1. The van der Waals surface area contributed by atoms with Gasteiger partial charge in [-0.2, -0.15) is 0 Å². The molecule has 0 aliphatic carbocycles. The van der Waals surface area contributed by atoms with E-state index in [9.17, 15) is 4.79 Å². The molecule has 1 fully saturated rings. The fraction of sp³-hybridized carbons (Fsp3) is 0.375. The van der Waals surface area contributed by atoms with Gasteiger partial charge in [-0.1, -0.05) is 51.5 Å². The summed E-state index contributed by atoms with van der Waals surface area (Å²) in [6.07, 6.45) is 0. The third kappa shape index (κ3) is 5.54. The van der Waals surface area contributed by atoms with E-state index < -0.39 is 0 Å². The monoisotopic (exact) mass is 512 g/mol. The van der Waals surface area contributed by atoms with E-state index in [0.717, 1.165) is 59.9 Å². The van der Waals surface area contributed by atoms with E-state index >= 15 is 0 Å². The van der Waals surface area contributed by atoms with Crippen LogP contribution in [0, 0.1) is 6.92 Å². The number of anilines is 1. The van der Waals surface area contributed by atoms with Crippen molar-refractivity contribution in [2.75, 3.05) is 51.3 Å². The summed E-state index contributed by atoms with van der Waals surface area (Å²) < 4.78 is 8.26. The van der Waals surface area contributed by atoms with Gasteiger partial charge in [-0.25, -0.2) is 4.68 Å². The molecule has 0 bridgehead atoms. The normalized spacial score (nSPS) is 14.3. The van der Waals surface area contributed by atoms with Crippen molar-refractivity contribution in [3.05, 3.63) is 70.0 Å². The Kier molecular flexibility index (Phi) is 7.61. The zero-order valence-electron chi connectivity index (χ0n) is 19.0. The molecule has 8 nitrogen and oxygen atoms in total. The average molecular weight is 513 g/mol. The number of aromatic nitrogens is 3. The molecular formula is C24H29BrN6O2. The minimum Gasteiger partial charge on any atom is -0.495 e. The molecule has 1 saturated heterocycles. The first kappa shape index (κ1) is 23.3. The van der Waals surface area contributed by atoms with Crippen LogP contribution in [-0.4, -0.2) is 72.2 Å². The number of halogens is 1. The van der Waals surface area contributed by atoms with Gasteiger partial charge in [0.25, 0.3) is 5.91 Å². The lowest BCUT2D eigenvalue weighted by Gasteiger charge is -2.36. The quantitative estimate of drug-likeness (QED) is 0.500. The Bertz CT molecular complexity index is 1090. The fourth-order valence-corrected chi connectivity index (χ4v) is 4.43. The highest BCUT2D eigenvalue weighted by atomic mass is 79.9. The zero-order valence-corrected chi connectivity index (χ0v) is 20.6. The van der Waals surface area contributed by atoms with Gasteiger partial charge >= 0.3 is 0 Å².